The lowest BCUT2D eigenvalue weighted by Gasteiger charge is -2.24. The lowest BCUT2D eigenvalue weighted by molar-refractivity contribution is -0.384. The summed E-state index contributed by atoms with van der Waals surface area (Å²) in [5.74, 6) is -0.0877. The molecule has 0 bridgehead atoms. The van der Waals surface area contributed by atoms with Crippen molar-refractivity contribution >= 4 is 27.3 Å². The molecular formula is C22H29N3O5S. The van der Waals surface area contributed by atoms with Gasteiger partial charge in [0.15, 0.2) is 0 Å². The van der Waals surface area contributed by atoms with Gasteiger partial charge in [-0.2, -0.15) is 0 Å². The summed E-state index contributed by atoms with van der Waals surface area (Å²) in [4.78, 5) is 23.1. The zero-order chi connectivity index (χ0) is 22.9. The molecule has 0 fully saturated rings. The van der Waals surface area contributed by atoms with Crippen molar-refractivity contribution in [3.63, 3.8) is 0 Å². The van der Waals surface area contributed by atoms with Gasteiger partial charge in [0, 0.05) is 18.7 Å². The number of nitro benzene ring substituents is 1. The fraction of sp³-hybridized carbons (Fsp3) is 0.409. The summed E-state index contributed by atoms with van der Waals surface area (Å²) in [6, 6.07) is 12.9. The third-order valence-electron chi connectivity index (χ3n) is 5.10. The molecule has 0 saturated carbocycles. The summed E-state index contributed by atoms with van der Waals surface area (Å²) in [6.07, 6.45) is 4.08. The van der Waals surface area contributed by atoms with Gasteiger partial charge in [0.2, 0.25) is 5.91 Å². The number of non-ortho nitro benzene ring substituents is 1. The maximum Gasteiger partial charge on any atom is 0.269 e. The van der Waals surface area contributed by atoms with Gasteiger partial charge in [0.25, 0.3) is 15.7 Å². The minimum Gasteiger partial charge on any atom is -0.354 e. The smallest absolute Gasteiger partial charge is 0.269 e. The molecule has 1 amide bonds. The van der Waals surface area contributed by atoms with Crippen LogP contribution in [0.25, 0.3) is 0 Å². The molecule has 0 saturated heterocycles. The van der Waals surface area contributed by atoms with E-state index in [9.17, 15) is 23.3 Å². The lowest BCUT2D eigenvalue weighted by Crippen LogP contribution is -2.42. The molecule has 0 aliphatic carbocycles. The molecule has 31 heavy (non-hydrogen) atoms. The number of unbranched alkanes of at least 4 members (excludes halogenated alkanes) is 1. The average molecular weight is 448 g/mol. The van der Waals surface area contributed by atoms with E-state index in [1.165, 1.54) is 36.4 Å². The van der Waals surface area contributed by atoms with Crippen LogP contribution in [0.1, 0.15) is 39.5 Å². The number of carbonyl (C=O) groups is 1. The molecule has 0 aliphatic heterocycles. The highest BCUT2D eigenvalue weighted by atomic mass is 32.2. The number of nitro groups is 1. The standard InChI is InChI=1S/C22H29N3O5S/c1-3-5-9-18(4-2)16-23-22(26)17-24(19-12-14-20(15-13-19)25(27)28)31(29,30)21-10-7-6-8-11-21/h6-8,10-15,18H,3-5,9,16-17H2,1-2H3,(H,23,26)/t18-/m0/s1. The Morgan fingerprint density at radius 1 is 1.10 bits per heavy atom. The highest BCUT2D eigenvalue weighted by molar-refractivity contribution is 7.92. The summed E-state index contributed by atoms with van der Waals surface area (Å²) in [6.45, 7) is 4.24. The number of sulfonamides is 1. The van der Waals surface area contributed by atoms with Crippen LogP contribution in [0.3, 0.4) is 0 Å². The van der Waals surface area contributed by atoms with E-state index in [4.69, 9.17) is 0 Å². The first kappa shape index (κ1) is 24.3. The molecule has 9 heteroatoms. The minimum atomic E-state index is -4.04. The SMILES string of the molecule is CCCC[C@H](CC)CNC(=O)CN(c1ccc([N+](=O)[O-])cc1)S(=O)(=O)c1ccccc1. The molecule has 2 aromatic rings. The second-order valence-corrected chi connectivity index (χ2v) is 9.18. The lowest BCUT2D eigenvalue weighted by atomic mass is 9.99. The molecule has 1 N–H and O–H groups in total. The minimum absolute atomic E-state index is 0.0375. The fourth-order valence-electron chi connectivity index (χ4n) is 3.16. The number of carbonyl (C=O) groups excluding carboxylic acids is 1. The largest absolute Gasteiger partial charge is 0.354 e. The average Bonchev–Trinajstić information content (AvgIpc) is 2.78. The van der Waals surface area contributed by atoms with Gasteiger partial charge in [-0.05, 0) is 36.6 Å². The zero-order valence-electron chi connectivity index (χ0n) is 17.9. The first-order valence-corrected chi connectivity index (χ1v) is 11.8. The van der Waals surface area contributed by atoms with E-state index < -0.39 is 27.4 Å². The van der Waals surface area contributed by atoms with Gasteiger partial charge in [-0.15, -0.1) is 0 Å². The van der Waals surface area contributed by atoms with E-state index in [0.717, 1.165) is 30.0 Å². The van der Waals surface area contributed by atoms with E-state index in [1.54, 1.807) is 18.2 Å². The Labute approximate surface area is 183 Å². The summed E-state index contributed by atoms with van der Waals surface area (Å²) in [5, 5.41) is 13.8. The normalized spacial score (nSPS) is 12.2. The van der Waals surface area contributed by atoms with Crippen molar-refractivity contribution in [2.24, 2.45) is 5.92 Å². The molecule has 0 aromatic heterocycles. The van der Waals surface area contributed by atoms with E-state index >= 15 is 0 Å². The van der Waals surface area contributed by atoms with Crippen molar-refractivity contribution in [1.29, 1.82) is 0 Å². The summed E-state index contributed by atoms with van der Waals surface area (Å²) in [5.41, 5.74) is 0.0228. The first-order chi connectivity index (χ1) is 14.8. The van der Waals surface area contributed by atoms with E-state index in [2.05, 4.69) is 19.2 Å². The van der Waals surface area contributed by atoms with Crippen molar-refractivity contribution in [1.82, 2.24) is 5.32 Å². The van der Waals surface area contributed by atoms with Gasteiger partial charge in [0.05, 0.1) is 15.5 Å². The van der Waals surface area contributed by atoms with Crippen LogP contribution in [0.5, 0.6) is 0 Å². The Kier molecular flexibility index (Phi) is 8.99. The summed E-state index contributed by atoms with van der Waals surface area (Å²) in [7, 11) is -4.04. The van der Waals surface area contributed by atoms with E-state index in [-0.39, 0.29) is 16.3 Å². The molecule has 8 nitrogen and oxygen atoms in total. The van der Waals surface area contributed by atoms with Crippen LogP contribution in [0.15, 0.2) is 59.5 Å². The summed E-state index contributed by atoms with van der Waals surface area (Å²) < 4.78 is 27.5. The number of anilines is 1. The molecule has 2 rings (SSSR count). The third-order valence-corrected chi connectivity index (χ3v) is 6.89. The van der Waals surface area contributed by atoms with Crippen molar-refractivity contribution in [2.45, 2.75) is 44.4 Å². The third kappa shape index (κ3) is 6.78. The second kappa shape index (κ2) is 11.5. The zero-order valence-corrected chi connectivity index (χ0v) is 18.7. The van der Waals surface area contributed by atoms with Crippen LogP contribution in [0, 0.1) is 16.0 Å². The fourth-order valence-corrected chi connectivity index (χ4v) is 4.61. The maximum absolute atomic E-state index is 13.2. The van der Waals surface area contributed by atoms with E-state index in [0.29, 0.717) is 12.5 Å². The molecular weight excluding hydrogens is 418 g/mol. The van der Waals surface area contributed by atoms with Crippen LogP contribution in [-0.4, -0.2) is 32.3 Å². The van der Waals surface area contributed by atoms with Crippen LogP contribution in [0.4, 0.5) is 11.4 Å². The van der Waals surface area contributed by atoms with Crippen molar-refractivity contribution in [3.8, 4) is 0 Å². The number of nitrogens with zero attached hydrogens (tertiary/aromatic N) is 2. The van der Waals surface area contributed by atoms with Gasteiger partial charge in [-0.1, -0.05) is 51.3 Å². The quantitative estimate of drug-likeness (QED) is 0.389. The molecule has 0 aliphatic rings. The highest BCUT2D eigenvalue weighted by Crippen LogP contribution is 2.25. The highest BCUT2D eigenvalue weighted by Gasteiger charge is 2.27. The number of rotatable bonds is 12. The van der Waals surface area contributed by atoms with Gasteiger partial charge in [0.1, 0.15) is 6.54 Å². The molecule has 0 unspecified atom stereocenters. The first-order valence-electron chi connectivity index (χ1n) is 10.4. The van der Waals surface area contributed by atoms with Crippen molar-refractivity contribution < 1.29 is 18.1 Å². The molecule has 1 atom stereocenters. The van der Waals surface area contributed by atoms with Crippen LogP contribution in [-0.2, 0) is 14.8 Å². The van der Waals surface area contributed by atoms with Gasteiger partial charge >= 0.3 is 0 Å². The Morgan fingerprint density at radius 2 is 1.74 bits per heavy atom. The number of amides is 1. The van der Waals surface area contributed by atoms with Gasteiger partial charge < -0.3 is 5.32 Å². The molecule has 0 heterocycles. The van der Waals surface area contributed by atoms with Crippen LogP contribution < -0.4 is 9.62 Å². The number of nitrogens with one attached hydrogen (secondary N) is 1. The Morgan fingerprint density at radius 3 is 2.29 bits per heavy atom. The molecule has 168 valence electrons. The van der Waals surface area contributed by atoms with Crippen molar-refractivity contribution in [3.05, 3.63) is 64.7 Å². The predicted molar refractivity (Wildman–Crippen MR) is 120 cm³/mol. The maximum atomic E-state index is 13.2. The summed E-state index contributed by atoms with van der Waals surface area (Å²) >= 11 is 0. The monoisotopic (exact) mass is 447 g/mol. The number of benzene rings is 2. The van der Waals surface area contributed by atoms with Gasteiger partial charge in [-0.25, -0.2) is 8.42 Å². The van der Waals surface area contributed by atoms with Crippen molar-refractivity contribution in [2.75, 3.05) is 17.4 Å². The number of hydrogen-bond acceptors (Lipinski definition) is 5. The van der Waals surface area contributed by atoms with Crippen LogP contribution >= 0.6 is 0 Å². The Balaban J connectivity index is 2.26. The predicted octanol–water partition coefficient (Wildman–Crippen LogP) is 4.12. The van der Waals surface area contributed by atoms with Crippen LogP contribution in [0.2, 0.25) is 0 Å². The Hall–Kier alpha value is -2.94. The Bertz CT molecular complexity index is 962. The second-order valence-electron chi connectivity index (χ2n) is 7.32. The topological polar surface area (TPSA) is 110 Å². The van der Waals surface area contributed by atoms with E-state index in [1.807, 2.05) is 0 Å². The molecule has 0 radical (unpaired) electrons. The number of hydrogen-bond donors (Lipinski definition) is 1. The molecule has 0 spiro atoms. The van der Waals surface area contributed by atoms with Gasteiger partial charge in [-0.3, -0.25) is 19.2 Å². The molecule has 2 aromatic carbocycles.